The van der Waals surface area contributed by atoms with E-state index in [1.807, 2.05) is 30.3 Å². The van der Waals surface area contributed by atoms with Crippen LogP contribution >= 0.6 is 0 Å². The highest BCUT2D eigenvalue weighted by atomic mass is 16.2. The monoisotopic (exact) mass is 378 g/mol. The lowest BCUT2D eigenvalue weighted by molar-refractivity contribution is -0.127. The summed E-state index contributed by atoms with van der Waals surface area (Å²) in [6.45, 7) is 0. The van der Waals surface area contributed by atoms with E-state index in [0.717, 1.165) is 36.0 Å². The Kier molecular flexibility index (Phi) is 5.96. The molecule has 1 atom stereocenters. The highest BCUT2D eigenvalue weighted by Gasteiger charge is 2.36. The highest BCUT2D eigenvalue weighted by molar-refractivity contribution is 5.86. The van der Waals surface area contributed by atoms with E-state index in [4.69, 9.17) is 5.73 Å². The van der Waals surface area contributed by atoms with E-state index in [2.05, 4.69) is 11.4 Å². The summed E-state index contributed by atoms with van der Waals surface area (Å²) >= 11 is 0. The van der Waals surface area contributed by atoms with Gasteiger partial charge in [0.2, 0.25) is 5.91 Å². The lowest BCUT2D eigenvalue weighted by atomic mass is 9.81. The summed E-state index contributed by atoms with van der Waals surface area (Å²) in [6, 6.07) is 12.7. The number of aromatic nitrogens is 1. The molecule has 6 heteroatoms. The van der Waals surface area contributed by atoms with Crippen molar-refractivity contribution in [2.75, 3.05) is 0 Å². The van der Waals surface area contributed by atoms with Gasteiger partial charge in [-0.25, -0.2) is 0 Å². The Morgan fingerprint density at radius 1 is 1.21 bits per heavy atom. The molecule has 28 heavy (non-hydrogen) atoms. The normalized spacial score (nSPS) is 16.8. The van der Waals surface area contributed by atoms with Crippen LogP contribution in [0.15, 0.2) is 47.4 Å². The zero-order valence-electron chi connectivity index (χ0n) is 16.1. The predicted molar refractivity (Wildman–Crippen MR) is 108 cm³/mol. The first kappa shape index (κ1) is 19.8. The number of pyridine rings is 1. The summed E-state index contributed by atoms with van der Waals surface area (Å²) in [5, 5.41) is 12.3. The van der Waals surface area contributed by atoms with Gasteiger partial charge < -0.3 is 15.6 Å². The third kappa shape index (κ3) is 4.49. The van der Waals surface area contributed by atoms with Gasteiger partial charge in [0.1, 0.15) is 6.04 Å². The molecule has 0 radical (unpaired) electrons. The first-order chi connectivity index (χ1) is 13.4. The minimum absolute atomic E-state index is 0.0627. The fraction of sp³-hybridized carbons (Fsp3) is 0.409. The van der Waals surface area contributed by atoms with E-state index in [1.54, 1.807) is 19.3 Å². The van der Waals surface area contributed by atoms with E-state index < -0.39 is 11.6 Å². The molecule has 1 heterocycles. The molecule has 6 nitrogen and oxygen atoms in total. The number of hydrogen-bond acceptors (Lipinski definition) is 4. The van der Waals surface area contributed by atoms with E-state index in [-0.39, 0.29) is 11.5 Å². The maximum absolute atomic E-state index is 12.6. The zero-order chi connectivity index (χ0) is 20.1. The van der Waals surface area contributed by atoms with Gasteiger partial charge in [-0.3, -0.25) is 9.59 Å². The van der Waals surface area contributed by atoms with E-state index in [9.17, 15) is 14.9 Å². The number of nitrogens with one attached hydrogen (secondary N) is 1. The lowest BCUT2D eigenvalue weighted by Crippen LogP contribution is -2.57. The maximum atomic E-state index is 12.6. The van der Waals surface area contributed by atoms with E-state index in [0.29, 0.717) is 19.3 Å². The van der Waals surface area contributed by atoms with Gasteiger partial charge in [-0.15, -0.1) is 0 Å². The molecule has 1 amide bonds. The van der Waals surface area contributed by atoms with Gasteiger partial charge in [-0.05, 0) is 35.6 Å². The summed E-state index contributed by atoms with van der Waals surface area (Å²) in [4.78, 5) is 24.4. The number of aryl methyl sites for hydroxylation is 1. The number of benzene rings is 1. The SMILES string of the molecule is Cn1ccc(-c2ccc(CC(C#N)NC(=O)C3(N)CCCCC3)cc2)cc1=O. The quantitative estimate of drug-likeness (QED) is 0.833. The number of nitrogens with zero attached hydrogens (tertiary/aromatic N) is 2. The van der Waals surface area contributed by atoms with Gasteiger partial charge in [0, 0.05) is 25.7 Å². The number of hydrogen-bond donors (Lipinski definition) is 2. The van der Waals surface area contributed by atoms with Crippen LogP contribution in [0.3, 0.4) is 0 Å². The fourth-order valence-electron chi connectivity index (χ4n) is 3.64. The number of rotatable bonds is 5. The van der Waals surface area contributed by atoms with Crippen molar-refractivity contribution in [3.05, 3.63) is 58.5 Å². The molecule has 1 saturated carbocycles. The Bertz CT molecular complexity index is 934. The molecular weight excluding hydrogens is 352 g/mol. The molecule has 2 aromatic rings. The minimum Gasteiger partial charge on any atom is -0.338 e. The number of carbonyl (C=O) groups is 1. The summed E-state index contributed by atoms with van der Waals surface area (Å²) < 4.78 is 1.52. The minimum atomic E-state index is -0.850. The predicted octanol–water partition coefficient (Wildman–Crippen LogP) is 2.26. The van der Waals surface area contributed by atoms with Crippen LogP contribution in [0.25, 0.3) is 11.1 Å². The molecule has 3 rings (SSSR count). The Hall–Kier alpha value is -2.91. The smallest absolute Gasteiger partial charge is 0.250 e. The second-order valence-corrected chi connectivity index (χ2v) is 7.64. The number of carbonyl (C=O) groups excluding carboxylic acids is 1. The van der Waals surface area contributed by atoms with Crippen LogP contribution < -0.4 is 16.6 Å². The topological polar surface area (TPSA) is 101 Å². The first-order valence-electron chi connectivity index (χ1n) is 9.67. The van der Waals surface area contributed by atoms with Crippen molar-refractivity contribution in [3.63, 3.8) is 0 Å². The summed E-state index contributed by atoms with van der Waals surface area (Å²) in [5.74, 6) is -0.226. The van der Waals surface area contributed by atoms with Gasteiger partial charge >= 0.3 is 0 Å². The Morgan fingerprint density at radius 3 is 2.50 bits per heavy atom. The molecule has 1 aliphatic carbocycles. The van der Waals surface area contributed by atoms with Crippen molar-refractivity contribution in [1.82, 2.24) is 9.88 Å². The van der Waals surface area contributed by atoms with Crippen molar-refractivity contribution < 1.29 is 4.79 Å². The Morgan fingerprint density at radius 2 is 1.89 bits per heavy atom. The van der Waals surface area contributed by atoms with Crippen LogP contribution in [0.5, 0.6) is 0 Å². The number of amides is 1. The van der Waals surface area contributed by atoms with Crippen molar-refractivity contribution in [2.45, 2.75) is 50.1 Å². The average Bonchev–Trinajstić information content (AvgIpc) is 2.70. The van der Waals surface area contributed by atoms with Crippen molar-refractivity contribution in [3.8, 4) is 17.2 Å². The fourth-order valence-corrected chi connectivity index (χ4v) is 3.64. The number of nitrogens with two attached hydrogens (primary N) is 1. The van der Waals surface area contributed by atoms with Crippen molar-refractivity contribution in [1.29, 1.82) is 5.26 Å². The second kappa shape index (κ2) is 8.41. The highest BCUT2D eigenvalue weighted by Crippen LogP contribution is 2.26. The first-order valence-corrected chi connectivity index (χ1v) is 9.67. The molecule has 0 aliphatic heterocycles. The molecule has 3 N–H and O–H groups in total. The molecule has 1 aliphatic rings. The molecule has 1 aromatic heterocycles. The second-order valence-electron chi connectivity index (χ2n) is 7.64. The van der Waals surface area contributed by atoms with Crippen LogP contribution in [-0.4, -0.2) is 22.1 Å². The standard InChI is InChI=1S/C22H26N4O2/c1-26-12-9-18(14-20(26)27)17-7-5-16(6-8-17)13-19(15-23)25-21(28)22(24)10-3-2-4-11-22/h5-9,12,14,19H,2-4,10-11,13,24H2,1H3,(H,25,28). The van der Waals surface area contributed by atoms with Crippen molar-refractivity contribution in [2.24, 2.45) is 12.8 Å². The third-order valence-corrected chi connectivity index (χ3v) is 5.49. The Labute approximate surface area is 165 Å². The van der Waals surface area contributed by atoms with Gasteiger partial charge in [0.05, 0.1) is 11.6 Å². The summed E-state index contributed by atoms with van der Waals surface area (Å²) in [5.41, 5.74) is 8.06. The van der Waals surface area contributed by atoms with Crippen LogP contribution in [0.4, 0.5) is 0 Å². The van der Waals surface area contributed by atoms with Crippen LogP contribution in [0, 0.1) is 11.3 Å². The summed E-state index contributed by atoms with van der Waals surface area (Å²) in [6.07, 6.45) is 6.49. The lowest BCUT2D eigenvalue weighted by Gasteiger charge is -2.32. The van der Waals surface area contributed by atoms with Crippen molar-refractivity contribution >= 4 is 5.91 Å². The maximum Gasteiger partial charge on any atom is 0.250 e. The molecule has 1 fully saturated rings. The summed E-state index contributed by atoms with van der Waals surface area (Å²) in [7, 11) is 1.71. The molecular formula is C22H26N4O2. The molecule has 0 spiro atoms. The molecule has 0 saturated heterocycles. The molecule has 146 valence electrons. The molecule has 1 unspecified atom stereocenters. The third-order valence-electron chi connectivity index (χ3n) is 5.49. The average molecular weight is 378 g/mol. The van der Waals surface area contributed by atoms with E-state index in [1.165, 1.54) is 4.57 Å². The largest absolute Gasteiger partial charge is 0.338 e. The van der Waals surface area contributed by atoms with Crippen LogP contribution in [0.2, 0.25) is 0 Å². The van der Waals surface area contributed by atoms with Gasteiger partial charge in [0.25, 0.3) is 5.56 Å². The van der Waals surface area contributed by atoms with Gasteiger partial charge in [-0.2, -0.15) is 5.26 Å². The van der Waals surface area contributed by atoms with E-state index >= 15 is 0 Å². The van der Waals surface area contributed by atoms with Gasteiger partial charge in [0.15, 0.2) is 0 Å². The number of nitriles is 1. The molecule has 1 aromatic carbocycles. The molecule has 0 bridgehead atoms. The van der Waals surface area contributed by atoms with Crippen LogP contribution in [0.1, 0.15) is 37.7 Å². The van der Waals surface area contributed by atoms with Gasteiger partial charge in [-0.1, -0.05) is 43.5 Å². The zero-order valence-corrected chi connectivity index (χ0v) is 16.1. The Balaban J connectivity index is 1.66. The van der Waals surface area contributed by atoms with Crippen LogP contribution in [-0.2, 0) is 18.3 Å².